The molecule has 2 unspecified atom stereocenters. The van der Waals surface area contributed by atoms with E-state index in [4.69, 9.17) is 4.74 Å². The minimum atomic E-state index is -0.664. The van der Waals surface area contributed by atoms with Gasteiger partial charge in [-0.1, -0.05) is 416 Å². The molecule has 0 bridgehead atoms. The second-order valence-corrected chi connectivity index (χ2v) is 29.2. The summed E-state index contributed by atoms with van der Waals surface area (Å²) in [5.41, 5.74) is 0. The zero-order valence-electron chi connectivity index (χ0n) is 62.6. The molecule has 2 atom stereocenters. The van der Waals surface area contributed by atoms with Crippen molar-refractivity contribution in [2.24, 2.45) is 0 Å². The molecule has 0 radical (unpaired) electrons. The van der Waals surface area contributed by atoms with Crippen LogP contribution < -0.4 is 5.32 Å². The summed E-state index contributed by atoms with van der Waals surface area (Å²) in [7, 11) is 0. The summed E-state index contributed by atoms with van der Waals surface area (Å²) < 4.78 is 5.50. The van der Waals surface area contributed by atoms with Gasteiger partial charge in [-0.15, -0.1) is 0 Å². The summed E-state index contributed by atoms with van der Waals surface area (Å²) >= 11 is 0. The Labute approximate surface area is 576 Å². The van der Waals surface area contributed by atoms with E-state index in [1.54, 1.807) is 0 Å². The first-order valence-corrected chi connectivity index (χ1v) is 42.2. The number of aliphatic hydroxyl groups is 2. The van der Waals surface area contributed by atoms with E-state index in [9.17, 15) is 19.8 Å². The monoisotopic (exact) mass is 1290 g/mol. The number of rotatable bonds is 80. The molecule has 0 rings (SSSR count). The number of nitrogens with one attached hydrogen (secondary N) is 1. The second kappa shape index (κ2) is 81.5. The van der Waals surface area contributed by atoms with Crippen LogP contribution in [-0.4, -0.2) is 47.4 Å². The van der Waals surface area contributed by atoms with Crippen LogP contribution in [0.1, 0.15) is 476 Å². The number of hydrogen-bond donors (Lipinski definition) is 3. The van der Waals surface area contributed by atoms with E-state index >= 15 is 0 Å². The highest BCUT2D eigenvalue weighted by Crippen LogP contribution is 2.20. The SMILES string of the molecule is CCCCCC/C=C\C/C=C\CCCCCCCC(=O)OCCCCCCCCCCCCCCCC/C=C\CCCCCCCCCCCCCCCCCCCC(=O)NC(CO)C(O)CCCCCCCCCCCCCCCCCCCCCCCCCC. The number of esters is 1. The molecular formula is C86H165NO5. The zero-order chi connectivity index (χ0) is 66.3. The number of unbranched alkanes of at least 4 members (excludes halogenated alkanes) is 63. The van der Waals surface area contributed by atoms with Gasteiger partial charge < -0.3 is 20.3 Å². The quantitative estimate of drug-likeness (QED) is 0.0320. The molecule has 0 aromatic carbocycles. The van der Waals surface area contributed by atoms with Gasteiger partial charge in [-0.2, -0.15) is 0 Å². The Morgan fingerprint density at radius 3 is 0.848 bits per heavy atom. The summed E-state index contributed by atoms with van der Waals surface area (Å²) in [6, 6.07) is -0.540. The molecule has 6 heteroatoms. The van der Waals surface area contributed by atoms with Crippen LogP contribution in [0.5, 0.6) is 0 Å². The molecule has 0 aliphatic carbocycles. The van der Waals surface area contributed by atoms with Gasteiger partial charge in [0, 0.05) is 12.8 Å². The Hall–Kier alpha value is -1.92. The van der Waals surface area contributed by atoms with Crippen molar-refractivity contribution in [1.82, 2.24) is 5.32 Å². The first-order valence-electron chi connectivity index (χ1n) is 42.2. The fraction of sp³-hybridized carbons (Fsp3) is 0.907. The van der Waals surface area contributed by atoms with Crippen molar-refractivity contribution in [2.45, 2.75) is 488 Å². The molecule has 0 aliphatic rings. The average molecular weight is 1290 g/mol. The number of carbonyl (C=O) groups excluding carboxylic acids is 2. The van der Waals surface area contributed by atoms with E-state index in [-0.39, 0.29) is 18.5 Å². The molecule has 0 aromatic heterocycles. The minimum absolute atomic E-state index is 0.00757. The number of amides is 1. The normalized spacial score (nSPS) is 12.6. The summed E-state index contributed by atoms with van der Waals surface area (Å²) in [6.45, 7) is 4.98. The Balaban J connectivity index is 3.35. The van der Waals surface area contributed by atoms with E-state index in [1.807, 2.05) is 0 Å². The molecule has 0 saturated carbocycles. The lowest BCUT2D eigenvalue weighted by molar-refractivity contribution is -0.143. The van der Waals surface area contributed by atoms with E-state index < -0.39 is 12.1 Å². The lowest BCUT2D eigenvalue weighted by atomic mass is 10.0. The molecule has 544 valence electrons. The van der Waals surface area contributed by atoms with Gasteiger partial charge in [-0.3, -0.25) is 9.59 Å². The predicted octanol–water partition coefficient (Wildman–Crippen LogP) is 28.2. The van der Waals surface area contributed by atoms with Gasteiger partial charge >= 0.3 is 5.97 Å². The van der Waals surface area contributed by atoms with E-state index in [1.165, 1.54) is 392 Å². The topological polar surface area (TPSA) is 95.9 Å². The molecule has 6 nitrogen and oxygen atoms in total. The molecule has 1 amide bonds. The third-order valence-corrected chi connectivity index (χ3v) is 19.9. The van der Waals surface area contributed by atoms with Crippen LogP contribution in [0.25, 0.3) is 0 Å². The maximum absolute atomic E-state index is 12.6. The molecule has 0 heterocycles. The highest BCUT2D eigenvalue weighted by molar-refractivity contribution is 5.76. The third-order valence-electron chi connectivity index (χ3n) is 19.9. The Morgan fingerprint density at radius 1 is 0.304 bits per heavy atom. The first-order chi connectivity index (χ1) is 45.5. The fourth-order valence-electron chi connectivity index (χ4n) is 13.5. The molecule has 0 fully saturated rings. The van der Waals surface area contributed by atoms with E-state index in [0.717, 1.165) is 51.4 Å². The fourth-order valence-corrected chi connectivity index (χ4v) is 13.5. The van der Waals surface area contributed by atoms with Crippen molar-refractivity contribution >= 4 is 11.9 Å². The lowest BCUT2D eigenvalue weighted by Gasteiger charge is -2.22. The first kappa shape index (κ1) is 90.1. The average Bonchev–Trinajstić information content (AvgIpc) is 3.61. The van der Waals surface area contributed by atoms with Crippen LogP contribution in [0.15, 0.2) is 36.5 Å². The maximum Gasteiger partial charge on any atom is 0.305 e. The summed E-state index contributed by atoms with van der Waals surface area (Å²) in [6.07, 6.45) is 107. The molecule has 92 heavy (non-hydrogen) atoms. The van der Waals surface area contributed by atoms with Gasteiger partial charge in [0.05, 0.1) is 25.4 Å². The highest BCUT2D eigenvalue weighted by Gasteiger charge is 2.20. The van der Waals surface area contributed by atoms with Crippen LogP contribution in [-0.2, 0) is 14.3 Å². The van der Waals surface area contributed by atoms with Gasteiger partial charge in [-0.25, -0.2) is 0 Å². The van der Waals surface area contributed by atoms with E-state index in [2.05, 4.69) is 55.6 Å². The third kappa shape index (κ3) is 77.1. The van der Waals surface area contributed by atoms with Crippen LogP contribution in [0.3, 0.4) is 0 Å². The molecular weight excluding hydrogens is 1130 g/mol. The van der Waals surface area contributed by atoms with Crippen LogP contribution in [0, 0.1) is 0 Å². The lowest BCUT2D eigenvalue weighted by Crippen LogP contribution is -2.45. The Kier molecular flexibility index (Phi) is 79.8. The zero-order valence-corrected chi connectivity index (χ0v) is 62.6. The molecule has 0 aliphatic heterocycles. The van der Waals surface area contributed by atoms with Crippen molar-refractivity contribution in [3.63, 3.8) is 0 Å². The largest absolute Gasteiger partial charge is 0.466 e. The maximum atomic E-state index is 12.6. The van der Waals surface area contributed by atoms with Gasteiger partial charge in [0.1, 0.15) is 0 Å². The van der Waals surface area contributed by atoms with Gasteiger partial charge in [0.25, 0.3) is 0 Å². The molecule has 0 aromatic rings. The number of allylic oxidation sites excluding steroid dienone is 6. The van der Waals surface area contributed by atoms with Crippen molar-refractivity contribution in [3.8, 4) is 0 Å². The highest BCUT2D eigenvalue weighted by atomic mass is 16.5. The van der Waals surface area contributed by atoms with Crippen molar-refractivity contribution in [1.29, 1.82) is 0 Å². The van der Waals surface area contributed by atoms with Gasteiger partial charge in [-0.05, 0) is 83.5 Å². The van der Waals surface area contributed by atoms with Crippen molar-refractivity contribution in [2.75, 3.05) is 13.2 Å². The van der Waals surface area contributed by atoms with Crippen LogP contribution >= 0.6 is 0 Å². The molecule has 3 N–H and O–H groups in total. The predicted molar refractivity (Wildman–Crippen MR) is 407 cm³/mol. The number of ether oxygens (including phenoxy) is 1. The number of hydrogen-bond acceptors (Lipinski definition) is 5. The number of carbonyl (C=O) groups is 2. The van der Waals surface area contributed by atoms with E-state index in [0.29, 0.717) is 25.9 Å². The van der Waals surface area contributed by atoms with Crippen molar-refractivity contribution in [3.05, 3.63) is 36.5 Å². The summed E-state index contributed by atoms with van der Waals surface area (Å²) in [4.78, 5) is 24.7. The molecule has 0 spiro atoms. The number of aliphatic hydroxyl groups excluding tert-OH is 2. The Bertz CT molecular complexity index is 1490. The smallest absolute Gasteiger partial charge is 0.305 e. The molecule has 0 saturated heterocycles. The summed E-state index contributed by atoms with van der Waals surface area (Å²) in [5.74, 6) is -0.0180. The Morgan fingerprint density at radius 2 is 0.543 bits per heavy atom. The minimum Gasteiger partial charge on any atom is -0.466 e. The van der Waals surface area contributed by atoms with Crippen molar-refractivity contribution < 1.29 is 24.5 Å². The second-order valence-electron chi connectivity index (χ2n) is 29.2. The standard InChI is InChI=1S/C86H165NO5/c1-3-5-7-9-11-13-15-17-19-21-22-23-24-38-41-44-47-50-54-58-62-66-70-74-78-84(89)83(82-88)87-85(90)79-75-71-67-63-59-55-51-48-45-42-39-36-34-32-30-28-26-25-27-29-31-33-35-37-40-43-46-49-53-57-61-65-69-73-77-81-92-86(91)80-76-72-68-64-60-56-52-20-18-16-14-12-10-8-6-4-2/h14,16,20,27,29,52,83-84,88-89H,3-13,15,17-19,21-26,28,30-51,53-82H2,1-2H3,(H,87,90)/b16-14-,29-27-,52-20-. The van der Waals surface area contributed by atoms with Gasteiger partial charge in [0.15, 0.2) is 0 Å². The van der Waals surface area contributed by atoms with Crippen LogP contribution in [0.2, 0.25) is 0 Å². The van der Waals surface area contributed by atoms with Crippen LogP contribution in [0.4, 0.5) is 0 Å². The summed E-state index contributed by atoms with van der Waals surface area (Å²) in [5, 5.41) is 23.5. The van der Waals surface area contributed by atoms with Gasteiger partial charge in [0.2, 0.25) is 5.91 Å².